The summed E-state index contributed by atoms with van der Waals surface area (Å²) in [5.41, 5.74) is 0. The van der Waals surface area contributed by atoms with Gasteiger partial charge in [0.05, 0.1) is 38.6 Å². The average molecular weight is 1460 g/mol. The minimum absolute atomic E-state index is 0.238. The molecule has 17 unspecified atom stereocenters. The van der Waals surface area contributed by atoms with E-state index in [9.17, 15) is 61.0 Å². The van der Waals surface area contributed by atoms with Gasteiger partial charge < -0.3 is 89.9 Å². The van der Waals surface area contributed by atoms with E-state index in [0.29, 0.717) is 12.8 Å². The van der Waals surface area contributed by atoms with Gasteiger partial charge in [0.1, 0.15) is 73.2 Å². The molecule has 3 rings (SSSR count). The molecule has 3 aliphatic rings. The summed E-state index contributed by atoms with van der Waals surface area (Å²) < 4.78 is 34.6. The van der Waals surface area contributed by atoms with Crippen molar-refractivity contribution in [2.75, 3.05) is 26.4 Å². The van der Waals surface area contributed by atoms with Crippen LogP contribution in [0.5, 0.6) is 0 Å². The Morgan fingerprint density at radius 3 is 1.01 bits per heavy atom. The van der Waals surface area contributed by atoms with Crippen LogP contribution in [0.3, 0.4) is 0 Å². The second-order valence-electron chi connectivity index (χ2n) is 30.3. The molecule has 0 aromatic carbocycles. The van der Waals surface area contributed by atoms with Gasteiger partial charge in [0.25, 0.3) is 0 Å². The zero-order valence-electron chi connectivity index (χ0n) is 64.4. The van der Waals surface area contributed by atoms with Gasteiger partial charge in [0, 0.05) is 6.42 Å². The maximum atomic E-state index is 13.5. The number of unbranched alkanes of at least 4 members (excludes halogenated alkanes) is 46. The first-order valence-electron chi connectivity index (χ1n) is 42.2. The Balaban J connectivity index is 1.35. The van der Waals surface area contributed by atoms with Crippen molar-refractivity contribution >= 4 is 5.91 Å². The smallest absolute Gasteiger partial charge is 0.220 e. The number of allylic oxidation sites excluding steroid dienone is 6. The van der Waals surface area contributed by atoms with Gasteiger partial charge in [-0.05, 0) is 51.4 Å². The molecule has 1 amide bonds. The van der Waals surface area contributed by atoms with Gasteiger partial charge in [0.15, 0.2) is 18.9 Å². The van der Waals surface area contributed by atoms with E-state index in [2.05, 4.69) is 55.6 Å². The molecule has 12 N–H and O–H groups in total. The number of carbonyl (C=O) groups excluding carboxylic acids is 1. The SMILES string of the molecule is CCCCCCC/C=C\C/C=C\C/C=C\CCCCCCCCCCCCCCCCC(=O)NC(COC1OC(CO)C(OC2OC(CO)C(OC3OC(CO)C(O)C(O)C3O)C(O)C2O)C(O)C1O)C(O)CCCCCCCCCCCCCCCCCCCCCCCCCCCCCC. The number of nitrogens with one attached hydrogen (secondary N) is 1. The van der Waals surface area contributed by atoms with Crippen molar-refractivity contribution < 1.29 is 89.4 Å². The van der Waals surface area contributed by atoms with Crippen LogP contribution in [0.2, 0.25) is 0 Å². The largest absolute Gasteiger partial charge is 0.394 e. The van der Waals surface area contributed by atoms with Crippen molar-refractivity contribution in [2.24, 2.45) is 0 Å². The van der Waals surface area contributed by atoms with Crippen LogP contribution < -0.4 is 5.32 Å². The van der Waals surface area contributed by atoms with Crippen LogP contribution in [-0.2, 0) is 33.2 Å². The number of carbonyl (C=O) groups is 1. The van der Waals surface area contributed by atoms with Gasteiger partial charge in [0.2, 0.25) is 5.91 Å². The van der Waals surface area contributed by atoms with Crippen LogP contribution in [-0.4, -0.2) is 193 Å². The first kappa shape index (κ1) is 94.2. The fourth-order valence-corrected chi connectivity index (χ4v) is 14.4. The highest BCUT2D eigenvalue weighted by molar-refractivity contribution is 5.76. The minimum Gasteiger partial charge on any atom is -0.394 e. The molecule has 3 heterocycles. The summed E-state index contributed by atoms with van der Waals surface area (Å²) in [5.74, 6) is -0.238. The highest BCUT2D eigenvalue weighted by Gasteiger charge is 2.54. The Hall–Kier alpha value is -1.99. The van der Waals surface area contributed by atoms with E-state index in [-0.39, 0.29) is 18.9 Å². The summed E-state index contributed by atoms with van der Waals surface area (Å²) in [6.07, 6.45) is 52.3. The number of rotatable bonds is 68. The molecular formula is C83H155NO18. The Kier molecular flexibility index (Phi) is 59.0. The zero-order valence-corrected chi connectivity index (χ0v) is 64.4. The molecule has 3 saturated heterocycles. The zero-order chi connectivity index (χ0) is 73.9. The molecule has 600 valence electrons. The molecule has 0 radical (unpaired) electrons. The summed E-state index contributed by atoms with van der Waals surface area (Å²) in [6, 6.07) is -0.890. The second-order valence-corrected chi connectivity index (χ2v) is 30.3. The van der Waals surface area contributed by atoms with Crippen LogP contribution in [0.25, 0.3) is 0 Å². The number of amides is 1. The number of ether oxygens (including phenoxy) is 6. The third-order valence-electron chi connectivity index (χ3n) is 21.2. The van der Waals surface area contributed by atoms with Crippen molar-refractivity contribution in [2.45, 2.75) is 458 Å². The third kappa shape index (κ3) is 43.3. The number of hydrogen-bond acceptors (Lipinski definition) is 18. The van der Waals surface area contributed by atoms with Gasteiger partial charge in [-0.3, -0.25) is 4.79 Å². The van der Waals surface area contributed by atoms with Gasteiger partial charge in [-0.25, -0.2) is 0 Å². The normalized spacial score (nSPS) is 26.3. The van der Waals surface area contributed by atoms with E-state index in [4.69, 9.17) is 28.4 Å². The quantitative estimate of drug-likeness (QED) is 0.0199. The molecule has 3 fully saturated rings. The summed E-state index contributed by atoms with van der Waals surface area (Å²) in [7, 11) is 0. The van der Waals surface area contributed by atoms with Crippen molar-refractivity contribution in [1.82, 2.24) is 5.32 Å². The second kappa shape index (κ2) is 63.9. The molecule has 0 aromatic heterocycles. The summed E-state index contributed by atoms with van der Waals surface area (Å²) in [5, 5.41) is 121. The number of hydrogen-bond donors (Lipinski definition) is 12. The van der Waals surface area contributed by atoms with Gasteiger partial charge in [-0.2, -0.15) is 0 Å². The van der Waals surface area contributed by atoms with Crippen molar-refractivity contribution in [3.63, 3.8) is 0 Å². The van der Waals surface area contributed by atoms with Crippen molar-refractivity contribution in [3.05, 3.63) is 36.5 Å². The van der Waals surface area contributed by atoms with Crippen LogP contribution >= 0.6 is 0 Å². The average Bonchev–Trinajstić information content (AvgIpc) is 0.766. The molecule has 19 nitrogen and oxygen atoms in total. The van der Waals surface area contributed by atoms with Crippen LogP contribution in [0, 0.1) is 0 Å². The lowest BCUT2D eigenvalue weighted by Crippen LogP contribution is -2.66. The van der Waals surface area contributed by atoms with Gasteiger partial charge in [-0.1, -0.05) is 333 Å². The lowest BCUT2D eigenvalue weighted by molar-refractivity contribution is -0.379. The fourth-order valence-electron chi connectivity index (χ4n) is 14.4. The summed E-state index contributed by atoms with van der Waals surface area (Å²) in [4.78, 5) is 13.5. The lowest BCUT2D eigenvalue weighted by Gasteiger charge is -2.48. The Morgan fingerprint density at radius 2 is 0.647 bits per heavy atom. The number of aliphatic hydroxyl groups excluding tert-OH is 11. The van der Waals surface area contributed by atoms with E-state index in [1.807, 2.05) is 0 Å². The maximum absolute atomic E-state index is 13.5. The van der Waals surface area contributed by atoms with Crippen LogP contribution in [0.15, 0.2) is 36.5 Å². The monoisotopic (exact) mass is 1450 g/mol. The highest BCUT2D eigenvalue weighted by atomic mass is 16.8. The number of aliphatic hydroxyl groups is 11. The highest BCUT2D eigenvalue weighted by Crippen LogP contribution is 2.33. The van der Waals surface area contributed by atoms with E-state index in [1.165, 1.54) is 263 Å². The van der Waals surface area contributed by atoms with E-state index >= 15 is 0 Å². The minimum atomic E-state index is -1.97. The molecule has 19 heteroatoms. The molecule has 3 aliphatic heterocycles. The first-order chi connectivity index (χ1) is 49.8. The van der Waals surface area contributed by atoms with Crippen LogP contribution in [0.1, 0.15) is 354 Å². The topological polar surface area (TPSA) is 307 Å². The molecule has 0 bridgehead atoms. The van der Waals surface area contributed by atoms with Gasteiger partial charge in [-0.15, -0.1) is 0 Å². The molecule has 0 aliphatic carbocycles. The molecular weight excluding hydrogens is 1300 g/mol. The fraction of sp³-hybridized carbons (Fsp3) is 0.916. The Bertz CT molecular complexity index is 1980. The Labute approximate surface area is 619 Å². The molecule has 0 aromatic rings. The Morgan fingerprint density at radius 1 is 0.353 bits per heavy atom. The van der Waals surface area contributed by atoms with E-state index in [0.717, 1.165) is 57.8 Å². The summed E-state index contributed by atoms with van der Waals surface area (Å²) >= 11 is 0. The van der Waals surface area contributed by atoms with Crippen LogP contribution in [0.4, 0.5) is 0 Å². The van der Waals surface area contributed by atoms with Gasteiger partial charge >= 0.3 is 0 Å². The van der Waals surface area contributed by atoms with E-state index < -0.39 is 124 Å². The standard InChI is InChI=1S/C83H155NO18/c1-3-5-7-9-11-13-15-17-19-21-23-25-27-29-31-33-35-37-39-41-43-45-47-49-51-53-55-57-59-61-71(89)84-66(67(88)60-58-56-54-52-50-48-46-44-42-40-38-36-34-32-30-28-26-24-22-20-18-16-14-12-10-8-6-4-2)65-97-81-77(95)74(92)79(69(63-86)99-81)102-83-78(96)75(93)80(70(64-87)100-83)101-82-76(94)73(91)72(90)68(62-85)98-82/h15,17,21,23,27,29,66-70,72-83,85-88,90-96H,3-14,16,18-20,22,24-26,28,30-65H2,1-2H3,(H,84,89)/b17-15-,23-21-,29-27-. The van der Waals surface area contributed by atoms with Crippen molar-refractivity contribution in [1.29, 1.82) is 0 Å². The summed E-state index contributed by atoms with van der Waals surface area (Å²) in [6.45, 7) is 1.85. The first-order valence-corrected chi connectivity index (χ1v) is 42.2. The van der Waals surface area contributed by atoms with E-state index in [1.54, 1.807) is 0 Å². The molecule has 102 heavy (non-hydrogen) atoms. The molecule has 0 saturated carbocycles. The van der Waals surface area contributed by atoms with Crippen molar-refractivity contribution in [3.8, 4) is 0 Å². The molecule has 17 atom stereocenters. The predicted octanol–water partition coefficient (Wildman–Crippen LogP) is 14.7. The third-order valence-corrected chi connectivity index (χ3v) is 21.2. The maximum Gasteiger partial charge on any atom is 0.220 e. The molecule has 0 spiro atoms. The lowest BCUT2D eigenvalue weighted by atomic mass is 9.96. The predicted molar refractivity (Wildman–Crippen MR) is 406 cm³/mol.